The zero-order valence-corrected chi connectivity index (χ0v) is 18.6. The molecule has 162 valence electrons. The lowest BCUT2D eigenvalue weighted by Crippen LogP contribution is -2.53. The SMILES string of the molecule is COc1cc(C)c(CN2C[C@H]3C[C@@H](N4CCOCC4)[C@H](O)C[C@H]3C2)cc1C(C)C. The maximum atomic E-state index is 10.8. The molecule has 0 amide bonds. The summed E-state index contributed by atoms with van der Waals surface area (Å²) >= 11 is 0. The number of hydrogen-bond acceptors (Lipinski definition) is 5. The molecule has 2 saturated heterocycles. The molecular weight excluding hydrogens is 364 g/mol. The first kappa shape index (κ1) is 21.1. The summed E-state index contributed by atoms with van der Waals surface area (Å²) in [5, 5.41) is 10.8. The number of fused-ring (bicyclic) bond motifs is 1. The third kappa shape index (κ3) is 4.48. The summed E-state index contributed by atoms with van der Waals surface area (Å²) in [7, 11) is 1.77. The highest BCUT2D eigenvalue weighted by Crippen LogP contribution is 2.39. The Morgan fingerprint density at radius 1 is 1.14 bits per heavy atom. The first-order chi connectivity index (χ1) is 14.0. The van der Waals surface area contributed by atoms with Gasteiger partial charge in [-0.1, -0.05) is 19.9 Å². The molecule has 1 aromatic carbocycles. The van der Waals surface area contributed by atoms with Crippen LogP contribution in [0.5, 0.6) is 5.75 Å². The van der Waals surface area contributed by atoms with Crippen molar-refractivity contribution in [2.75, 3.05) is 46.5 Å². The molecule has 1 aromatic rings. The Hall–Kier alpha value is -1.14. The monoisotopic (exact) mass is 402 g/mol. The molecule has 5 nitrogen and oxygen atoms in total. The van der Waals surface area contributed by atoms with Crippen molar-refractivity contribution < 1.29 is 14.6 Å². The number of methoxy groups -OCH3 is 1. The number of morpholine rings is 1. The fraction of sp³-hybridized carbons (Fsp3) is 0.750. The van der Waals surface area contributed by atoms with Gasteiger partial charge in [-0.3, -0.25) is 9.80 Å². The van der Waals surface area contributed by atoms with Gasteiger partial charge in [-0.2, -0.15) is 0 Å². The van der Waals surface area contributed by atoms with Crippen LogP contribution in [-0.2, 0) is 11.3 Å². The van der Waals surface area contributed by atoms with Crippen LogP contribution in [0.15, 0.2) is 12.1 Å². The van der Waals surface area contributed by atoms with Crippen molar-refractivity contribution in [3.05, 3.63) is 28.8 Å². The number of aliphatic hydroxyl groups is 1. The van der Waals surface area contributed by atoms with Crippen LogP contribution in [0.25, 0.3) is 0 Å². The van der Waals surface area contributed by atoms with Crippen molar-refractivity contribution in [1.82, 2.24) is 9.80 Å². The van der Waals surface area contributed by atoms with Gasteiger partial charge >= 0.3 is 0 Å². The van der Waals surface area contributed by atoms with Crippen molar-refractivity contribution in [3.63, 3.8) is 0 Å². The number of benzene rings is 1. The molecular formula is C24H38N2O3. The molecule has 2 heterocycles. The lowest BCUT2D eigenvalue weighted by atomic mass is 9.77. The lowest BCUT2D eigenvalue weighted by Gasteiger charge is -2.43. The normalized spacial score (nSPS) is 31.2. The number of aliphatic hydroxyl groups excluding tert-OH is 1. The van der Waals surface area contributed by atoms with E-state index >= 15 is 0 Å². The van der Waals surface area contributed by atoms with E-state index in [4.69, 9.17) is 9.47 Å². The van der Waals surface area contributed by atoms with Crippen molar-refractivity contribution >= 4 is 0 Å². The smallest absolute Gasteiger partial charge is 0.122 e. The largest absolute Gasteiger partial charge is 0.496 e. The zero-order chi connectivity index (χ0) is 20.5. The summed E-state index contributed by atoms with van der Waals surface area (Å²) in [5.41, 5.74) is 4.03. The van der Waals surface area contributed by atoms with Crippen LogP contribution < -0.4 is 4.74 Å². The van der Waals surface area contributed by atoms with Crippen molar-refractivity contribution in [1.29, 1.82) is 0 Å². The molecule has 1 N–H and O–H groups in total. The molecule has 0 unspecified atom stereocenters. The van der Waals surface area contributed by atoms with Gasteiger partial charge in [-0.05, 0) is 60.3 Å². The van der Waals surface area contributed by atoms with E-state index in [2.05, 4.69) is 42.7 Å². The van der Waals surface area contributed by atoms with Crippen LogP contribution in [0.3, 0.4) is 0 Å². The molecule has 5 heteroatoms. The number of nitrogens with zero attached hydrogens (tertiary/aromatic N) is 2. The molecule has 0 aromatic heterocycles. The van der Waals surface area contributed by atoms with E-state index in [1.54, 1.807) is 7.11 Å². The summed E-state index contributed by atoms with van der Waals surface area (Å²) in [4.78, 5) is 5.08. The second-order valence-electron chi connectivity index (χ2n) is 9.64. The summed E-state index contributed by atoms with van der Waals surface area (Å²) in [6.07, 6.45) is 1.88. The molecule has 2 aliphatic heterocycles. The van der Waals surface area contributed by atoms with Crippen molar-refractivity contribution in [2.45, 2.75) is 58.2 Å². The maximum Gasteiger partial charge on any atom is 0.122 e. The minimum absolute atomic E-state index is 0.190. The number of rotatable bonds is 5. The molecule has 1 aliphatic carbocycles. The van der Waals surface area contributed by atoms with E-state index < -0.39 is 0 Å². The second kappa shape index (κ2) is 8.93. The van der Waals surface area contributed by atoms with E-state index in [1.165, 1.54) is 16.7 Å². The quantitative estimate of drug-likeness (QED) is 0.820. The average molecular weight is 403 g/mol. The molecule has 3 fully saturated rings. The third-order valence-electron chi connectivity index (χ3n) is 7.40. The van der Waals surface area contributed by atoms with Crippen molar-refractivity contribution in [3.8, 4) is 5.75 Å². The summed E-state index contributed by atoms with van der Waals surface area (Å²) in [6.45, 7) is 13.5. The molecule has 0 spiro atoms. The Morgan fingerprint density at radius 2 is 1.83 bits per heavy atom. The van der Waals surface area contributed by atoms with Gasteiger partial charge in [0.05, 0.1) is 26.4 Å². The van der Waals surface area contributed by atoms with E-state index in [-0.39, 0.29) is 6.10 Å². The first-order valence-corrected chi connectivity index (χ1v) is 11.4. The summed E-state index contributed by atoms with van der Waals surface area (Å²) in [6, 6.07) is 4.87. The summed E-state index contributed by atoms with van der Waals surface area (Å²) < 4.78 is 11.1. The Kier molecular flexibility index (Phi) is 6.50. The van der Waals surface area contributed by atoms with E-state index in [9.17, 15) is 5.11 Å². The van der Waals surface area contributed by atoms with Gasteiger partial charge in [0.1, 0.15) is 5.75 Å². The minimum atomic E-state index is -0.190. The van der Waals surface area contributed by atoms with Crippen LogP contribution in [0.4, 0.5) is 0 Å². The van der Waals surface area contributed by atoms with Crippen molar-refractivity contribution in [2.24, 2.45) is 11.8 Å². The molecule has 0 radical (unpaired) electrons. The molecule has 4 atom stereocenters. The van der Waals surface area contributed by atoms with Gasteiger partial charge < -0.3 is 14.6 Å². The highest BCUT2D eigenvalue weighted by molar-refractivity contribution is 5.44. The summed E-state index contributed by atoms with van der Waals surface area (Å²) in [5.74, 6) is 2.79. The second-order valence-corrected chi connectivity index (χ2v) is 9.64. The molecule has 0 bridgehead atoms. The van der Waals surface area contributed by atoms with Crippen LogP contribution >= 0.6 is 0 Å². The number of aryl methyl sites for hydroxylation is 1. The zero-order valence-electron chi connectivity index (χ0n) is 18.6. The standard InChI is InChI=1S/C24H38N2O3/c1-16(2)21-10-18(17(3)9-24(21)28-4)13-25-14-19-11-22(23(27)12-20(19)15-25)26-5-7-29-8-6-26/h9-10,16,19-20,22-23,27H,5-8,11-15H2,1-4H3/t19-,20+,22-,23-/m1/s1. The third-order valence-corrected chi connectivity index (χ3v) is 7.40. The fourth-order valence-electron chi connectivity index (χ4n) is 5.72. The number of likely N-dealkylation sites (tertiary alicyclic amines) is 1. The van der Waals surface area contributed by atoms with E-state index in [0.717, 1.165) is 64.5 Å². The fourth-order valence-corrected chi connectivity index (χ4v) is 5.72. The van der Waals surface area contributed by atoms with E-state index in [1.807, 2.05) is 0 Å². The van der Waals surface area contributed by atoms with Gasteiger partial charge in [0.2, 0.25) is 0 Å². The molecule has 4 rings (SSSR count). The first-order valence-electron chi connectivity index (χ1n) is 11.4. The number of ether oxygens (including phenoxy) is 2. The van der Waals surface area contributed by atoms with Gasteiger partial charge in [-0.25, -0.2) is 0 Å². The molecule has 1 saturated carbocycles. The van der Waals surface area contributed by atoms with Crippen LogP contribution in [-0.4, -0.2) is 73.6 Å². The number of hydrogen-bond donors (Lipinski definition) is 1. The van der Waals surface area contributed by atoms with Crippen LogP contribution in [0.2, 0.25) is 0 Å². The molecule has 29 heavy (non-hydrogen) atoms. The Balaban J connectivity index is 1.43. The predicted molar refractivity (Wildman–Crippen MR) is 115 cm³/mol. The van der Waals surface area contributed by atoms with Crippen LogP contribution in [0, 0.1) is 18.8 Å². The topological polar surface area (TPSA) is 45.2 Å². The Labute approximate surface area is 176 Å². The van der Waals surface area contributed by atoms with Gasteiger partial charge in [0, 0.05) is 38.8 Å². The lowest BCUT2D eigenvalue weighted by molar-refractivity contribution is -0.0520. The predicted octanol–water partition coefficient (Wildman–Crippen LogP) is 3.03. The van der Waals surface area contributed by atoms with Gasteiger partial charge in [0.25, 0.3) is 0 Å². The highest BCUT2D eigenvalue weighted by atomic mass is 16.5. The highest BCUT2D eigenvalue weighted by Gasteiger charge is 2.43. The van der Waals surface area contributed by atoms with Crippen LogP contribution in [0.1, 0.15) is 49.3 Å². The van der Waals surface area contributed by atoms with E-state index in [0.29, 0.717) is 23.8 Å². The maximum absolute atomic E-state index is 10.8. The van der Waals surface area contributed by atoms with Gasteiger partial charge in [-0.15, -0.1) is 0 Å². The average Bonchev–Trinajstić information content (AvgIpc) is 3.10. The molecule has 3 aliphatic rings. The Morgan fingerprint density at radius 3 is 2.48 bits per heavy atom. The Bertz CT molecular complexity index is 702. The minimum Gasteiger partial charge on any atom is -0.496 e. The van der Waals surface area contributed by atoms with Gasteiger partial charge in [0.15, 0.2) is 0 Å².